The van der Waals surface area contributed by atoms with Crippen LogP contribution in [0.3, 0.4) is 0 Å². The maximum absolute atomic E-state index is 11.2. The normalized spacial score (nSPS) is 21.0. The Morgan fingerprint density at radius 1 is 1.36 bits per heavy atom. The molecule has 1 aromatic rings. The van der Waals surface area contributed by atoms with Crippen LogP contribution in [0.4, 0.5) is 4.79 Å². The van der Waals surface area contributed by atoms with Gasteiger partial charge in [0, 0.05) is 12.4 Å². The van der Waals surface area contributed by atoms with Crippen LogP contribution in [0.5, 0.6) is 0 Å². The number of imide groups is 1. The van der Waals surface area contributed by atoms with Crippen LogP contribution < -0.4 is 5.32 Å². The maximum Gasteiger partial charge on any atom is 0.286 e. The van der Waals surface area contributed by atoms with Gasteiger partial charge in [0.2, 0.25) is 5.91 Å². The monoisotopic (exact) mass is 208 g/mol. The van der Waals surface area contributed by atoms with Crippen molar-refractivity contribution in [2.45, 2.75) is 11.7 Å². The highest BCUT2D eigenvalue weighted by Gasteiger charge is 2.31. The summed E-state index contributed by atoms with van der Waals surface area (Å²) >= 11 is 1.05. The minimum atomic E-state index is -0.287. The maximum atomic E-state index is 11.2. The zero-order valence-electron chi connectivity index (χ0n) is 7.27. The van der Waals surface area contributed by atoms with Crippen LogP contribution in [0.1, 0.15) is 5.56 Å². The number of nitrogens with zero attached hydrogens (tertiary/aromatic N) is 1. The highest BCUT2D eigenvalue weighted by atomic mass is 32.2. The van der Waals surface area contributed by atoms with E-state index < -0.39 is 0 Å². The molecular formula is C9H8N2O2S. The predicted octanol–water partition coefficient (Wildman–Crippen LogP) is 0.976. The Morgan fingerprint density at radius 3 is 2.64 bits per heavy atom. The quantitative estimate of drug-likeness (QED) is 0.787. The molecule has 1 aliphatic rings. The van der Waals surface area contributed by atoms with Gasteiger partial charge in [0.05, 0.1) is 5.25 Å². The second kappa shape index (κ2) is 3.79. The van der Waals surface area contributed by atoms with E-state index in [0.29, 0.717) is 6.42 Å². The largest absolute Gasteiger partial charge is 0.286 e. The van der Waals surface area contributed by atoms with Crippen LogP contribution in [0, 0.1) is 0 Å². The second-order valence-corrected chi connectivity index (χ2v) is 4.12. The Bertz CT molecular complexity index is 366. The molecule has 1 aliphatic heterocycles. The molecule has 14 heavy (non-hydrogen) atoms. The average Bonchev–Trinajstić information content (AvgIpc) is 2.47. The minimum Gasteiger partial charge on any atom is -0.286 e. The predicted molar refractivity (Wildman–Crippen MR) is 52.9 cm³/mol. The van der Waals surface area contributed by atoms with Crippen molar-refractivity contribution in [1.82, 2.24) is 10.3 Å². The Balaban J connectivity index is 2.05. The highest BCUT2D eigenvalue weighted by molar-refractivity contribution is 8.15. The van der Waals surface area contributed by atoms with Gasteiger partial charge in [-0.25, -0.2) is 0 Å². The fraction of sp³-hybridized carbons (Fsp3) is 0.222. The first-order valence-electron chi connectivity index (χ1n) is 4.16. The van der Waals surface area contributed by atoms with Gasteiger partial charge in [-0.1, -0.05) is 11.8 Å². The van der Waals surface area contributed by atoms with Gasteiger partial charge in [0.1, 0.15) is 0 Å². The van der Waals surface area contributed by atoms with Crippen molar-refractivity contribution in [1.29, 1.82) is 0 Å². The Hall–Kier alpha value is -1.36. The van der Waals surface area contributed by atoms with E-state index >= 15 is 0 Å². The van der Waals surface area contributed by atoms with E-state index in [-0.39, 0.29) is 16.4 Å². The van der Waals surface area contributed by atoms with E-state index in [1.54, 1.807) is 12.4 Å². The molecule has 2 amide bonds. The molecule has 0 bridgehead atoms. The van der Waals surface area contributed by atoms with Gasteiger partial charge in [0.25, 0.3) is 5.24 Å². The van der Waals surface area contributed by atoms with Crippen molar-refractivity contribution in [3.63, 3.8) is 0 Å². The summed E-state index contributed by atoms with van der Waals surface area (Å²) in [5.41, 5.74) is 1.02. The van der Waals surface area contributed by atoms with Crippen molar-refractivity contribution < 1.29 is 9.59 Å². The topological polar surface area (TPSA) is 59.1 Å². The van der Waals surface area contributed by atoms with Crippen LogP contribution in [0.25, 0.3) is 0 Å². The van der Waals surface area contributed by atoms with E-state index in [2.05, 4.69) is 10.3 Å². The summed E-state index contributed by atoms with van der Waals surface area (Å²) < 4.78 is 0. The third kappa shape index (κ3) is 1.93. The lowest BCUT2D eigenvalue weighted by Gasteiger charge is -2.03. The molecule has 0 spiro atoms. The molecule has 1 aromatic heterocycles. The van der Waals surface area contributed by atoms with Crippen molar-refractivity contribution in [2.75, 3.05) is 0 Å². The van der Waals surface area contributed by atoms with Crippen molar-refractivity contribution in [3.05, 3.63) is 30.1 Å². The van der Waals surface area contributed by atoms with Crippen LogP contribution in [0.2, 0.25) is 0 Å². The Labute approximate surface area is 85.1 Å². The molecular weight excluding hydrogens is 200 g/mol. The standard InChI is InChI=1S/C9H8N2O2S/c12-8-7(14-9(13)11-8)5-6-1-3-10-4-2-6/h1-4,7H,5H2,(H,11,12,13). The number of rotatable bonds is 2. The van der Waals surface area contributed by atoms with Crippen molar-refractivity contribution in [2.24, 2.45) is 0 Å². The number of aromatic nitrogens is 1. The number of nitrogens with one attached hydrogen (secondary N) is 1. The average molecular weight is 208 g/mol. The molecule has 72 valence electrons. The van der Waals surface area contributed by atoms with Gasteiger partial charge in [-0.05, 0) is 24.1 Å². The minimum absolute atomic E-state index is 0.197. The lowest BCUT2D eigenvalue weighted by molar-refractivity contribution is -0.118. The summed E-state index contributed by atoms with van der Waals surface area (Å²) in [6.07, 6.45) is 3.92. The molecule has 0 aromatic carbocycles. The summed E-state index contributed by atoms with van der Waals surface area (Å²) in [4.78, 5) is 26.0. The van der Waals surface area contributed by atoms with Crippen LogP contribution in [-0.4, -0.2) is 21.4 Å². The molecule has 1 N–H and O–H groups in total. The third-order valence-electron chi connectivity index (χ3n) is 1.94. The van der Waals surface area contributed by atoms with Gasteiger partial charge in [-0.3, -0.25) is 19.9 Å². The number of carbonyl (C=O) groups excluding carboxylic acids is 2. The first kappa shape index (κ1) is 9.21. The molecule has 1 saturated heterocycles. The lowest BCUT2D eigenvalue weighted by atomic mass is 10.1. The number of hydrogen-bond donors (Lipinski definition) is 1. The van der Waals surface area contributed by atoms with Crippen molar-refractivity contribution in [3.8, 4) is 0 Å². The summed E-state index contributed by atoms with van der Waals surface area (Å²) in [7, 11) is 0. The number of pyridine rings is 1. The van der Waals surface area contributed by atoms with E-state index in [1.165, 1.54) is 0 Å². The highest BCUT2D eigenvalue weighted by Crippen LogP contribution is 2.22. The van der Waals surface area contributed by atoms with E-state index in [9.17, 15) is 9.59 Å². The summed E-state index contributed by atoms with van der Waals surface area (Å²) in [5, 5.41) is 1.71. The van der Waals surface area contributed by atoms with E-state index in [0.717, 1.165) is 17.3 Å². The molecule has 4 nitrogen and oxygen atoms in total. The van der Waals surface area contributed by atoms with Gasteiger partial charge in [0.15, 0.2) is 0 Å². The molecule has 2 rings (SSSR count). The van der Waals surface area contributed by atoms with Gasteiger partial charge in [-0.2, -0.15) is 0 Å². The smallest absolute Gasteiger partial charge is 0.286 e. The zero-order chi connectivity index (χ0) is 9.97. The van der Waals surface area contributed by atoms with Crippen LogP contribution >= 0.6 is 11.8 Å². The SMILES string of the molecule is O=C1NC(=O)C(Cc2ccncc2)S1. The Morgan fingerprint density at radius 2 is 2.07 bits per heavy atom. The molecule has 1 fully saturated rings. The number of carbonyl (C=O) groups is 2. The summed E-state index contributed by atoms with van der Waals surface area (Å²) in [5.74, 6) is -0.197. The zero-order valence-corrected chi connectivity index (χ0v) is 8.08. The molecule has 0 radical (unpaired) electrons. The van der Waals surface area contributed by atoms with Crippen LogP contribution in [0.15, 0.2) is 24.5 Å². The van der Waals surface area contributed by atoms with Gasteiger partial charge >= 0.3 is 0 Å². The van der Waals surface area contributed by atoms with Gasteiger partial charge in [-0.15, -0.1) is 0 Å². The molecule has 1 atom stereocenters. The number of amides is 2. The summed E-state index contributed by atoms with van der Waals surface area (Å²) in [6.45, 7) is 0. The molecule has 0 saturated carbocycles. The van der Waals surface area contributed by atoms with Crippen LogP contribution in [-0.2, 0) is 11.2 Å². The first-order valence-corrected chi connectivity index (χ1v) is 5.04. The van der Waals surface area contributed by atoms with E-state index in [1.807, 2.05) is 12.1 Å². The Kier molecular flexibility index (Phi) is 2.49. The summed E-state index contributed by atoms with van der Waals surface area (Å²) in [6, 6.07) is 3.69. The molecule has 1 unspecified atom stereocenters. The number of thioether (sulfide) groups is 1. The lowest BCUT2D eigenvalue weighted by Crippen LogP contribution is -2.25. The van der Waals surface area contributed by atoms with E-state index in [4.69, 9.17) is 0 Å². The first-order chi connectivity index (χ1) is 6.75. The van der Waals surface area contributed by atoms with Crippen molar-refractivity contribution >= 4 is 22.9 Å². The second-order valence-electron chi connectivity index (χ2n) is 2.94. The number of hydrogen-bond acceptors (Lipinski definition) is 4. The fourth-order valence-electron chi connectivity index (χ4n) is 1.26. The van der Waals surface area contributed by atoms with Gasteiger partial charge < -0.3 is 0 Å². The molecule has 0 aliphatic carbocycles. The molecule has 5 heteroatoms. The fourth-order valence-corrected chi connectivity index (χ4v) is 2.12. The third-order valence-corrected chi connectivity index (χ3v) is 2.92. The molecule has 2 heterocycles.